The van der Waals surface area contributed by atoms with Gasteiger partial charge < -0.3 is 31.5 Å². The van der Waals surface area contributed by atoms with Crippen molar-refractivity contribution < 1.29 is 19.8 Å². The molecule has 3 heterocycles. The van der Waals surface area contributed by atoms with E-state index in [0.717, 1.165) is 78.0 Å². The van der Waals surface area contributed by atoms with Crippen LogP contribution in [0.2, 0.25) is 5.02 Å². The average Bonchev–Trinajstić information content (AvgIpc) is 3.36. The molecule has 1 unspecified atom stereocenters. The molecule has 0 radical (unpaired) electrons. The number of halogens is 1. The van der Waals surface area contributed by atoms with Crippen molar-refractivity contribution in [1.29, 1.82) is 0 Å². The number of anilines is 2. The monoisotopic (exact) mass is 621 g/mol. The van der Waals surface area contributed by atoms with E-state index in [0.29, 0.717) is 34.2 Å². The molecule has 2 aromatic heterocycles. The van der Waals surface area contributed by atoms with Crippen molar-refractivity contribution in [1.82, 2.24) is 15.6 Å². The Hall–Kier alpha value is -3.70. The van der Waals surface area contributed by atoms with Crippen LogP contribution in [0.15, 0.2) is 54.6 Å². The van der Waals surface area contributed by atoms with Crippen molar-refractivity contribution in [3.63, 3.8) is 0 Å². The highest BCUT2D eigenvalue weighted by molar-refractivity contribution is 7.21. The van der Waals surface area contributed by atoms with E-state index in [4.69, 9.17) is 22.3 Å². The van der Waals surface area contributed by atoms with E-state index in [2.05, 4.69) is 28.5 Å². The Bertz CT molecular complexity index is 1600. The molecule has 1 amide bonds. The maximum atomic E-state index is 12.5. The molecule has 11 heteroatoms. The van der Waals surface area contributed by atoms with Crippen LogP contribution >= 0.6 is 22.9 Å². The Kier molecular flexibility index (Phi) is 9.82. The molecular formula is C32H36ClN5O4S. The molecule has 0 saturated carbocycles. The Balaban J connectivity index is 1.13. The van der Waals surface area contributed by atoms with Gasteiger partial charge >= 0.3 is 5.97 Å². The third kappa shape index (κ3) is 7.27. The molecule has 1 aliphatic heterocycles. The number of rotatable bonds is 11. The molecule has 226 valence electrons. The number of carboxylic acid groups (broad SMARTS) is 1. The van der Waals surface area contributed by atoms with Crippen molar-refractivity contribution in [2.24, 2.45) is 0 Å². The van der Waals surface area contributed by atoms with E-state index < -0.39 is 12.1 Å². The number of carbonyl (C=O) groups excluding carboxylic acids is 1. The highest BCUT2D eigenvalue weighted by atomic mass is 35.5. The minimum absolute atomic E-state index is 0.144. The van der Waals surface area contributed by atoms with Crippen molar-refractivity contribution in [2.45, 2.75) is 51.3 Å². The van der Waals surface area contributed by atoms with Crippen molar-refractivity contribution >= 4 is 56.5 Å². The number of piperidine rings is 1. The number of fused-ring (bicyclic) bond motifs is 1. The lowest BCUT2D eigenvalue weighted by molar-refractivity contribution is 0.0703. The summed E-state index contributed by atoms with van der Waals surface area (Å²) >= 11 is 7.15. The second kappa shape index (κ2) is 13.7. The summed E-state index contributed by atoms with van der Waals surface area (Å²) in [5.74, 6) is -0.361. The molecule has 1 fully saturated rings. The summed E-state index contributed by atoms with van der Waals surface area (Å²) in [4.78, 5) is 32.0. The van der Waals surface area contributed by atoms with Crippen LogP contribution in [0, 0.1) is 0 Å². The fourth-order valence-electron chi connectivity index (χ4n) is 5.47. The number of benzene rings is 2. The van der Waals surface area contributed by atoms with Gasteiger partial charge in [0.2, 0.25) is 0 Å². The van der Waals surface area contributed by atoms with Gasteiger partial charge in [-0.25, -0.2) is 9.78 Å². The van der Waals surface area contributed by atoms with Crippen LogP contribution in [0.3, 0.4) is 0 Å². The van der Waals surface area contributed by atoms with Crippen LogP contribution in [0.4, 0.5) is 11.5 Å². The van der Waals surface area contributed by atoms with Crippen molar-refractivity contribution in [3.8, 4) is 0 Å². The lowest BCUT2D eigenvalue weighted by Gasteiger charge is -2.34. The van der Waals surface area contributed by atoms with Crippen LogP contribution in [-0.4, -0.2) is 52.7 Å². The first-order valence-corrected chi connectivity index (χ1v) is 15.7. The molecule has 5 rings (SSSR count). The molecule has 0 spiro atoms. The molecule has 4 aromatic rings. The van der Waals surface area contributed by atoms with Gasteiger partial charge in [0.25, 0.3) is 5.91 Å². The number of carboxylic acids is 1. The smallest absolute Gasteiger partial charge is 0.348 e. The predicted molar refractivity (Wildman–Crippen MR) is 172 cm³/mol. The number of aliphatic hydroxyl groups is 1. The Morgan fingerprint density at radius 2 is 1.91 bits per heavy atom. The number of aliphatic hydroxyl groups excluding tert-OH is 1. The largest absolute Gasteiger partial charge is 0.477 e. The van der Waals surface area contributed by atoms with Gasteiger partial charge in [0.1, 0.15) is 15.5 Å². The van der Waals surface area contributed by atoms with Gasteiger partial charge in [-0.05, 0) is 66.3 Å². The number of nitrogens with one attached hydrogen (secondary N) is 2. The summed E-state index contributed by atoms with van der Waals surface area (Å²) in [5.41, 5.74) is 9.74. The Morgan fingerprint density at radius 3 is 2.58 bits per heavy atom. The van der Waals surface area contributed by atoms with E-state index in [1.54, 1.807) is 30.3 Å². The van der Waals surface area contributed by atoms with Gasteiger partial charge in [0.05, 0.1) is 11.8 Å². The molecule has 2 aromatic carbocycles. The highest BCUT2D eigenvalue weighted by Crippen LogP contribution is 2.37. The maximum absolute atomic E-state index is 12.5. The van der Waals surface area contributed by atoms with E-state index in [9.17, 15) is 19.8 Å². The standard InChI is InChI=1S/C32H36ClN5O4S/c1-2-4-22-16-26(37-31-27(22)28(34)29(43-31)32(41)42)38-13-11-24(12-14-38)35-18-25(39)20-7-9-21(10-8-20)30(40)36-17-19-5-3-6-23(33)15-19/h3,5-10,15-16,24-25,35,39H,2,4,11-14,17-18,34H2,1H3,(H,36,40)(H,41,42). The van der Waals surface area contributed by atoms with Gasteiger partial charge in [-0.2, -0.15) is 0 Å². The first kappa shape index (κ1) is 30.7. The molecule has 9 nitrogen and oxygen atoms in total. The summed E-state index contributed by atoms with van der Waals surface area (Å²) < 4.78 is 0. The lowest BCUT2D eigenvalue weighted by Crippen LogP contribution is -2.44. The van der Waals surface area contributed by atoms with Gasteiger partial charge in [0.15, 0.2) is 0 Å². The summed E-state index contributed by atoms with van der Waals surface area (Å²) in [7, 11) is 0. The number of thiophene rings is 1. The Morgan fingerprint density at radius 1 is 1.16 bits per heavy atom. The van der Waals surface area contributed by atoms with Crippen LogP contribution < -0.4 is 21.3 Å². The number of aromatic nitrogens is 1. The molecular weight excluding hydrogens is 586 g/mol. The first-order valence-electron chi connectivity index (χ1n) is 14.5. The zero-order valence-corrected chi connectivity index (χ0v) is 25.5. The zero-order chi connectivity index (χ0) is 30.5. The molecule has 0 aliphatic carbocycles. The van der Waals surface area contributed by atoms with Crippen LogP contribution in [-0.2, 0) is 13.0 Å². The van der Waals surface area contributed by atoms with Gasteiger partial charge in [0, 0.05) is 48.2 Å². The quantitative estimate of drug-likeness (QED) is 0.150. The third-order valence-corrected chi connectivity index (χ3v) is 9.12. The SMILES string of the molecule is CCCc1cc(N2CCC(NCC(O)c3ccc(C(=O)NCc4cccc(Cl)c4)cc3)CC2)nc2sc(C(=O)O)c(N)c12. The number of nitrogens with two attached hydrogens (primary N) is 1. The van der Waals surface area contributed by atoms with Crippen molar-refractivity contribution in [3.05, 3.63) is 86.8 Å². The molecule has 1 saturated heterocycles. The minimum atomic E-state index is -1.02. The Labute approximate surface area is 259 Å². The van der Waals surface area contributed by atoms with E-state index in [-0.39, 0.29) is 16.8 Å². The third-order valence-electron chi connectivity index (χ3n) is 7.80. The average molecular weight is 622 g/mol. The van der Waals surface area contributed by atoms with Crippen LogP contribution in [0.1, 0.15) is 69.0 Å². The molecule has 6 N–H and O–H groups in total. The fourth-order valence-corrected chi connectivity index (χ4v) is 6.66. The second-order valence-electron chi connectivity index (χ2n) is 10.8. The molecule has 1 aliphatic rings. The number of carbonyl (C=O) groups is 2. The number of nitrogens with zero attached hydrogens (tertiary/aromatic N) is 2. The number of aryl methyl sites for hydroxylation is 1. The van der Waals surface area contributed by atoms with E-state index >= 15 is 0 Å². The van der Waals surface area contributed by atoms with Gasteiger partial charge in [-0.1, -0.05) is 49.2 Å². The summed E-state index contributed by atoms with van der Waals surface area (Å²) in [6.07, 6.45) is 2.79. The van der Waals surface area contributed by atoms with Crippen LogP contribution in [0.25, 0.3) is 10.2 Å². The number of aromatic carboxylic acids is 1. The number of amides is 1. The summed E-state index contributed by atoms with van der Waals surface area (Å²) in [6.45, 7) is 4.47. The van der Waals surface area contributed by atoms with Gasteiger partial charge in [-0.3, -0.25) is 4.79 Å². The number of pyridine rings is 1. The first-order chi connectivity index (χ1) is 20.7. The molecule has 1 atom stereocenters. The number of hydrogen-bond donors (Lipinski definition) is 5. The normalized spacial score (nSPS) is 14.6. The second-order valence-corrected chi connectivity index (χ2v) is 12.3. The predicted octanol–water partition coefficient (Wildman–Crippen LogP) is 5.40. The topological polar surface area (TPSA) is 141 Å². The van der Waals surface area contributed by atoms with E-state index in [1.165, 1.54) is 0 Å². The summed E-state index contributed by atoms with van der Waals surface area (Å²) in [6, 6.07) is 16.7. The molecule has 0 bridgehead atoms. The fraction of sp³-hybridized carbons (Fsp3) is 0.344. The van der Waals surface area contributed by atoms with Crippen LogP contribution in [0.5, 0.6) is 0 Å². The highest BCUT2D eigenvalue weighted by Gasteiger charge is 2.24. The number of nitrogen functional groups attached to an aromatic ring is 1. The number of hydrogen-bond acceptors (Lipinski definition) is 8. The summed E-state index contributed by atoms with van der Waals surface area (Å²) in [5, 5.41) is 28.1. The zero-order valence-electron chi connectivity index (χ0n) is 24.0. The molecule has 43 heavy (non-hydrogen) atoms. The minimum Gasteiger partial charge on any atom is -0.477 e. The maximum Gasteiger partial charge on any atom is 0.348 e. The van der Waals surface area contributed by atoms with E-state index in [1.807, 2.05) is 18.2 Å². The lowest BCUT2D eigenvalue weighted by atomic mass is 10.0. The van der Waals surface area contributed by atoms with Crippen molar-refractivity contribution in [2.75, 3.05) is 30.3 Å². The van der Waals surface area contributed by atoms with Gasteiger partial charge in [-0.15, -0.1) is 11.3 Å².